The van der Waals surface area contributed by atoms with Gasteiger partial charge < -0.3 is 9.73 Å². The Morgan fingerprint density at radius 3 is 2.83 bits per heavy atom. The number of rotatable bonds is 5. The summed E-state index contributed by atoms with van der Waals surface area (Å²) in [5.74, 6) is 0.526. The predicted octanol–water partition coefficient (Wildman–Crippen LogP) is 1.96. The molecule has 4 aromatic heterocycles. The van der Waals surface area contributed by atoms with Crippen LogP contribution in [0.2, 0.25) is 0 Å². The molecule has 1 aliphatic carbocycles. The molecule has 0 unspecified atom stereocenters. The van der Waals surface area contributed by atoms with E-state index in [2.05, 4.69) is 10.4 Å². The van der Waals surface area contributed by atoms with Crippen molar-refractivity contribution in [3.63, 3.8) is 0 Å². The Morgan fingerprint density at radius 1 is 1.23 bits per heavy atom. The van der Waals surface area contributed by atoms with Gasteiger partial charge in [-0.15, -0.1) is 16.4 Å². The van der Waals surface area contributed by atoms with Crippen LogP contribution in [0.4, 0.5) is 0 Å². The van der Waals surface area contributed by atoms with E-state index in [9.17, 15) is 14.4 Å². The first kappa shape index (κ1) is 18.9. The van der Waals surface area contributed by atoms with Gasteiger partial charge in [0.25, 0.3) is 5.56 Å². The van der Waals surface area contributed by atoms with Crippen LogP contribution in [0.1, 0.15) is 37.9 Å². The second-order valence-corrected chi connectivity index (χ2v) is 8.50. The van der Waals surface area contributed by atoms with Crippen molar-refractivity contribution in [3.05, 3.63) is 56.4 Å². The first-order valence-corrected chi connectivity index (χ1v) is 10.9. The van der Waals surface area contributed by atoms with Crippen molar-refractivity contribution >= 4 is 33.2 Å². The van der Waals surface area contributed by atoms with Gasteiger partial charge >= 0.3 is 5.69 Å². The molecule has 156 valence electrons. The Bertz CT molecular complexity index is 1320. The van der Waals surface area contributed by atoms with Crippen LogP contribution in [0.25, 0.3) is 16.0 Å². The molecule has 9 nitrogen and oxygen atoms in total. The van der Waals surface area contributed by atoms with Gasteiger partial charge in [-0.2, -0.15) is 0 Å². The molecule has 1 N–H and O–H groups in total. The highest BCUT2D eigenvalue weighted by molar-refractivity contribution is 7.17. The molecule has 1 fully saturated rings. The van der Waals surface area contributed by atoms with Gasteiger partial charge in [0, 0.05) is 6.04 Å². The SMILES string of the molecule is O=C(Cn1nc2n(Cc3ccco3)c(=O)c3sccc3n2c1=O)NC1CCCCC1. The van der Waals surface area contributed by atoms with Crippen LogP contribution in [0.3, 0.4) is 0 Å². The molecule has 0 radical (unpaired) electrons. The van der Waals surface area contributed by atoms with Crippen LogP contribution >= 0.6 is 11.3 Å². The lowest BCUT2D eigenvalue weighted by Crippen LogP contribution is -2.40. The predicted molar refractivity (Wildman–Crippen MR) is 112 cm³/mol. The molecule has 0 aromatic carbocycles. The maximum absolute atomic E-state index is 13.1. The van der Waals surface area contributed by atoms with E-state index in [1.54, 1.807) is 23.6 Å². The monoisotopic (exact) mass is 427 g/mol. The largest absolute Gasteiger partial charge is 0.467 e. The maximum atomic E-state index is 13.1. The van der Waals surface area contributed by atoms with Crippen molar-refractivity contribution < 1.29 is 9.21 Å². The van der Waals surface area contributed by atoms with Gasteiger partial charge in [0.15, 0.2) is 0 Å². The molecule has 10 heteroatoms. The van der Waals surface area contributed by atoms with Crippen LogP contribution in [-0.4, -0.2) is 30.7 Å². The number of hydrogen-bond donors (Lipinski definition) is 1. The number of nitrogens with one attached hydrogen (secondary N) is 1. The summed E-state index contributed by atoms with van der Waals surface area (Å²) in [5, 5.41) is 9.12. The summed E-state index contributed by atoms with van der Waals surface area (Å²) in [4.78, 5) is 38.6. The number of hydrogen-bond acceptors (Lipinski definition) is 6. The fourth-order valence-corrected chi connectivity index (χ4v) is 4.92. The fraction of sp³-hybridized carbons (Fsp3) is 0.400. The van der Waals surface area contributed by atoms with E-state index in [1.807, 2.05) is 0 Å². The smallest absolute Gasteiger partial charge is 0.352 e. The van der Waals surface area contributed by atoms with Crippen molar-refractivity contribution in [3.8, 4) is 0 Å². The average molecular weight is 427 g/mol. The van der Waals surface area contributed by atoms with Crippen LogP contribution in [0.15, 0.2) is 43.8 Å². The third-order valence-electron chi connectivity index (χ3n) is 5.55. The summed E-state index contributed by atoms with van der Waals surface area (Å²) in [7, 11) is 0. The van der Waals surface area contributed by atoms with E-state index in [-0.39, 0.29) is 36.4 Å². The Hall–Kier alpha value is -3.14. The minimum absolute atomic E-state index is 0.147. The minimum atomic E-state index is -0.444. The quantitative estimate of drug-likeness (QED) is 0.524. The van der Waals surface area contributed by atoms with Crippen molar-refractivity contribution in [1.82, 2.24) is 24.1 Å². The molecule has 0 aliphatic heterocycles. The first-order valence-electron chi connectivity index (χ1n) is 10.0. The number of nitrogens with zero attached hydrogens (tertiary/aromatic N) is 4. The molecule has 1 aliphatic rings. The number of furan rings is 1. The van der Waals surface area contributed by atoms with Crippen molar-refractivity contribution in [2.24, 2.45) is 0 Å². The zero-order chi connectivity index (χ0) is 20.7. The summed E-state index contributed by atoms with van der Waals surface area (Å²) in [6.45, 7) is -0.0362. The topological polar surface area (TPSA) is 104 Å². The Balaban J connectivity index is 1.55. The lowest BCUT2D eigenvalue weighted by Gasteiger charge is -2.22. The summed E-state index contributed by atoms with van der Waals surface area (Å²) >= 11 is 1.27. The van der Waals surface area contributed by atoms with Crippen LogP contribution in [0.5, 0.6) is 0 Å². The normalized spacial score (nSPS) is 15.2. The average Bonchev–Trinajstić information content (AvgIpc) is 3.47. The Morgan fingerprint density at radius 2 is 2.07 bits per heavy atom. The zero-order valence-electron chi connectivity index (χ0n) is 16.2. The van der Waals surface area contributed by atoms with Crippen LogP contribution < -0.4 is 16.6 Å². The molecule has 1 amide bonds. The highest BCUT2D eigenvalue weighted by Gasteiger charge is 2.21. The first-order chi connectivity index (χ1) is 14.6. The standard InChI is InChI=1S/C20H21N5O4S/c26-16(21-13-5-2-1-3-6-13)12-24-20(28)25-15-8-10-30-17(15)18(27)23(19(25)22-24)11-14-7-4-9-29-14/h4,7-10,13H,1-3,5-6,11-12H2,(H,21,26). The van der Waals surface area contributed by atoms with Gasteiger partial charge in [0.05, 0.1) is 18.3 Å². The van der Waals surface area contributed by atoms with Gasteiger partial charge in [0.1, 0.15) is 17.0 Å². The number of fused-ring (bicyclic) bond motifs is 3. The Labute approximate surface area is 174 Å². The molecule has 4 aromatic rings. The van der Waals surface area contributed by atoms with E-state index in [0.717, 1.165) is 30.4 Å². The van der Waals surface area contributed by atoms with Gasteiger partial charge in [-0.3, -0.25) is 14.2 Å². The number of carbonyl (C=O) groups is 1. The molecule has 0 bridgehead atoms. The van der Waals surface area contributed by atoms with Gasteiger partial charge in [0.2, 0.25) is 11.7 Å². The van der Waals surface area contributed by atoms with Crippen LogP contribution in [0, 0.1) is 0 Å². The number of aromatic nitrogens is 4. The van der Waals surface area contributed by atoms with Crippen molar-refractivity contribution in [1.29, 1.82) is 0 Å². The molecule has 5 rings (SSSR count). The molecule has 4 heterocycles. The molecule has 0 atom stereocenters. The molecule has 1 saturated carbocycles. The summed E-state index contributed by atoms with van der Waals surface area (Å²) < 4.78 is 9.77. The Kier molecular flexibility index (Phi) is 4.78. The number of carbonyl (C=O) groups excluding carboxylic acids is 1. The fourth-order valence-electron chi connectivity index (χ4n) is 4.09. The lowest BCUT2D eigenvalue weighted by molar-refractivity contribution is -0.122. The van der Waals surface area contributed by atoms with Crippen molar-refractivity contribution in [2.45, 2.75) is 51.2 Å². The lowest BCUT2D eigenvalue weighted by atomic mass is 9.95. The third-order valence-corrected chi connectivity index (χ3v) is 6.44. The minimum Gasteiger partial charge on any atom is -0.467 e. The summed E-state index contributed by atoms with van der Waals surface area (Å²) in [6.07, 6.45) is 6.86. The van der Waals surface area contributed by atoms with E-state index < -0.39 is 5.69 Å². The summed E-state index contributed by atoms with van der Waals surface area (Å²) in [5.41, 5.74) is -0.187. The van der Waals surface area contributed by atoms with Gasteiger partial charge in [-0.1, -0.05) is 19.3 Å². The highest BCUT2D eigenvalue weighted by atomic mass is 32.1. The van der Waals surface area contributed by atoms with Gasteiger partial charge in [-0.25, -0.2) is 13.9 Å². The van der Waals surface area contributed by atoms with Crippen LogP contribution in [-0.2, 0) is 17.9 Å². The maximum Gasteiger partial charge on any atom is 0.352 e. The molecular formula is C20H21N5O4S. The van der Waals surface area contributed by atoms with E-state index in [1.165, 1.54) is 33.0 Å². The summed E-state index contributed by atoms with van der Waals surface area (Å²) in [6, 6.07) is 5.37. The molecule has 0 spiro atoms. The van der Waals surface area contributed by atoms with Crippen molar-refractivity contribution in [2.75, 3.05) is 0 Å². The number of thiophene rings is 1. The number of amides is 1. The zero-order valence-corrected chi connectivity index (χ0v) is 17.1. The second-order valence-electron chi connectivity index (χ2n) is 7.58. The highest BCUT2D eigenvalue weighted by Crippen LogP contribution is 2.19. The van der Waals surface area contributed by atoms with E-state index in [0.29, 0.717) is 16.0 Å². The van der Waals surface area contributed by atoms with E-state index in [4.69, 9.17) is 4.42 Å². The molecular weight excluding hydrogens is 406 g/mol. The molecule has 0 saturated heterocycles. The third kappa shape index (κ3) is 3.26. The molecule has 30 heavy (non-hydrogen) atoms. The second kappa shape index (κ2) is 7.60. The van der Waals surface area contributed by atoms with E-state index >= 15 is 0 Å². The van der Waals surface area contributed by atoms with Gasteiger partial charge in [-0.05, 0) is 36.4 Å².